The number of alkyl halides is 3. The third-order valence-electron chi connectivity index (χ3n) is 12.6. The van der Waals surface area contributed by atoms with Crippen LogP contribution in [0.4, 0.5) is 13.2 Å². The maximum Gasteiger partial charge on any atom is 0.401 e. The summed E-state index contributed by atoms with van der Waals surface area (Å²) < 4.78 is 52.1. The quantitative estimate of drug-likeness (QED) is 0.108. The molecule has 2 aromatic carbocycles. The van der Waals surface area contributed by atoms with Gasteiger partial charge in [0.05, 0.1) is 19.3 Å². The van der Waals surface area contributed by atoms with Gasteiger partial charge >= 0.3 is 6.18 Å². The molecule has 6 aromatic rings. The number of rotatable bonds is 11. The van der Waals surface area contributed by atoms with Gasteiger partial charge in [-0.1, -0.05) is 38.0 Å². The van der Waals surface area contributed by atoms with Crippen LogP contribution < -0.4 is 5.32 Å². The minimum Gasteiger partial charge on any atom is -0.394 e. The van der Waals surface area contributed by atoms with Crippen molar-refractivity contribution in [1.82, 2.24) is 45.2 Å². The number of fused-ring (bicyclic) bond motifs is 2. The molecule has 0 amide bonds. The predicted molar refractivity (Wildman–Crippen MR) is 234 cm³/mol. The molecule has 4 heterocycles. The SMILES string of the molecule is Cc1cc(-c2noc(-c3nn(C)c4c3CCC(C)(C)C4)n2)cc(C)c1CC(O)CO.Cc1cc(-c2noc(-c3nn(C)c4c3CCC(C)(C)C4)n2)cc(C)c1CCNCC(F)(F)F. The van der Waals surface area contributed by atoms with E-state index in [1.165, 1.54) is 22.5 Å². The van der Waals surface area contributed by atoms with Crippen LogP contribution in [-0.4, -0.2) is 82.0 Å². The highest BCUT2D eigenvalue weighted by molar-refractivity contribution is 5.64. The fraction of sp³-hybridized carbons (Fsp3) is 0.532. The molecule has 0 aliphatic heterocycles. The summed E-state index contributed by atoms with van der Waals surface area (Å²) in [6.45, 7) is 16.0. The van der Waals surface area contributed by atoms with Crippen LogP contribution in [0, 0.1) is 38.5 Å². The third kappa shape index (κ3) is 10.3. The molecular formula is C47H60F3N9O4. The van der Waals surface area contributed by atoms with Crippen molar-refractivity contribution in [1.29, 1.82) is 0 Å². The second kappa shape index (κ2) is 17.8. The number of aliphatic hydroxyl groups excluding tert-OH is 2. The summed E-state index contributed by atoms with van der Waals surface area (Å²) in [7, 11) is 3.93. The molecule has 0 radical (unpaired) electrons. The largest absolute Gasteiger partial charge is 0.401 e. The number of aromatic nitrogens is 8. The number of nitrogens with one attached hydrogen (secondary N) is 1. The van der Waals surface area contributed by atoms with E-state index >= 15 is 0 Å². The molecule has 16 heteroatoms. The molecule has 0 saturated heterocycles. The zero-order valence-electron chi connectivity index (χ0n) is 38.1. The molecule has 338 valence electrons. The Morgan fingerprint density at radius 3 is 1.57 bits per heavy atom. The van der Waals surface area contributed by atoms with Crippen molar-refractivity contribution < 1.29 is 32.4 Å². The first-order valence-corrected chi connectivity index (χ1v) is 21.7. The van der Waals surface area contributed by atoms with Crippen LogP contribution in [0.5, 0.6) is 0 Å². The Labute approximate surface area is 366 Å². The van der Waals surface area contributed by atoms with Crippen molar-refractivity contribution in [2.45, 2.75) is 119 Å². The van der Waals surface area contributed by atoms with Gasteiger partial charge in [0.25, 0.3) is 11.8 Å². The van der Waals surface area contributed by atoms with Crippen LogP contribution in [0.2, 0.25) is 0 Å². The second-order valence-electron chi connectivity index (χ2n) is 19.1. The van der Waals surface area contributed by atoms with Crippen molar-refractivity contribution >= 4 is 0 Å². The summed E-state index contributed by atoms with van der Waals surface area (Å²) >= 11 is 0. The topological polar surface area (TPSA) is 166 Å². The fourth-order valence-electron chi connectivity index (χ4n) is 9.11. The molecule has 0 spiro atoms. The lowest BCUT2D eigenvalue weighted by atomic mass is 9.76. The highest BCUT2D eigenvalue weighted by Crippen LogP contribution is 2.40. The lowest BCUT2D eigenvalue weighted by molar-refractivity contribution is -0.124. The van der Waals surface area contributed by atoms with E-state index in [0.29, 0.717) is 36.3 Å². The van der Waals surface area contributed by atoms with E-state index in [1.54, 1.807) is 0 Å². The first-order valence-electron chi connectivity index (χ1n) is 21.7. The Balaban J connectivity index is 0.000000190. The molecule has 13 nitrogen and oxygen atoms in total. The van der Waals surface area contributed by atoms with Crippen molar-refractivity contribution in [2.24, 2.45) is 24.9 Å². The Morgan fingerprint density at radius 1 is 0.730 bits per heavy atom. The van der Waals surface area contributed by atoms with E-state index in [-0.39, 0.29) is 24.0 Å². The number of hydrogen-bond acceptors (Lipinski definition) is 11. The van der Waals surface area contributed by atoms with E-state index in [0.717, 1.165) is 94.4 Å². The highest BCUT2D eigenvalue weighted by atomic mass is 19.4. The number of nitrogens with zero attached hydrogens (tertiary/aromatic N) is 8. The van der Waals surface area contributed by atoms with E-state index in [4.69, 9.17) is 19.3 Å². The Hall–Kier alpha value is -5.19. The predicted octanol–water partition coefficient (Wildman–Crippen LogP) is 8.13. The van der Waals surface area contributed by atoms with Crippen LogP contribution in [0.25, 0.3) is 45.9 Å². The number of aryl methyl sites for hydroxylation is 6. The summed E-state index contributed by atoms with van der Waals surface area (Å²) in [6.07, 6.45) is 2.01. The van der Waals surface area contributed by atoms with Gasteiger partial charge < -0.3 is 24.6 Å². The molecule has 3 N–H and O–H groups in total. The molecule has 0 fully saturated rings. The Kier molecular flexibility index (Phi) is 12.9. The van der Waals surface area contributed by atoms with E-state index in [2.05, 4.69) is 58.4 Å². The Bertz CT molecular complexity index is 2550. The number of benzene rings is 2. The molecule has 2 aliphatic carbocycles. The van der Waals surface area contributed by atoms with Crippen LogP contribution in [0.1, 0.15) is 96.4 Å². The van der Waals surface area contributed by atoms with Crippen LogP contribution in [0.3, 0.4) is 0 Å². The van der Waals surface area contributed by atoms with Crippen molar-refractivity contribution in [2.75, 3.05) is 19.7 Å². The molecule has 2 aliphatic rings. The lowest BCUT2D eigenvalue weighted by Gasteiger charge is -2.29. The third-order valence-corrected chi connectivity index (χ3v) is 12.6. The first kappa shape index (κ1) is 45.8. The minimum absolute atomic E-state index is 0.247. The number of halogens is 3. The standard InChI is InChI=1S/C24H30F3N5O.C23H30N4O3/c1-14-10-16(11-15(2)17(14)7-9-28-13-24(25,26)27)21-29-22(33-31-21)20-18-6-8-23(3,4)12-19(18)32(5)30-20;1-13-8-15(9-14(2)18(13)10-16(29)12-28)21-24-22(30-26-21)20-17-6-7-23(3,4)11-19(17)27(5)25-20/h10-11,28H,6-9,12-13H2,1-5H3;8-9,16,28-29H,6-7,10-12H2,1-5H3. The van der Waals surface area contributed by atoms with Crippen LogP contribution in [0.15, 0.2) is 33.3 Å². The molecule has 0 bridgehead atoms. The molecule has 8 rings (SSSR count). The van der Waals surface area contributed by atoms with Crippen LogP contribution >= 0.6 is 0 Å². The zero-order chi connectivity index (χ0) is 45.6. The molecular weight excluding hydrogens is 812 g/mol. The van der Waals surface area contributed by atoms with Gasteiger partial charge in [-0.25, -0.2) is 0 Å². The summed E-state index contributed by atoms with van der Waals surface area (Å²) in [6, 6.07) is 7.91. The number of hydrogen-bond donors (Lipinski definition) is 3. The summed E-state index contributed by atoms with van der Waals surface area (Å²) in [4.78, 5) is 9.29. The molecule has 1 unspecified atom stereocenters. The van der Waals surface area contributed by atoms with E-state index in [1.807, 2.05) is 75.4 Å². The summed E-state index contributed by atoms with van der Waals surface area (Å²) in [5.74, 6) is 1.88. The minimum atomic E-state index is -4.20. The average molecular weight is 872 g/mol. The van der Waals surface area contributed by atoms with E-state index in [9.17, 15) is 18.3 Å². The summed E-state index contributed by atoms with van der Waals surface area (Å²) in [5.41, 5.74) is 14.7. The van der Waals surface area contributed by atoms with Gasteiger partial charge in [-0.05, 0) is 148 Å². The molecule has 4 aromatic heterocycles. The number of aliphatic hydroxyl groups is 2. The van der Waals surface area contributed by atoms with Gasteiger partial charge in [0.2, 0.25) is 11.6 Å². The van der Waals surface area contributed by atoms with Crippen molar-refractivity contribution in [3.63, 3.8) is 0 Å². The maximum absolute atomic E-state index is 12.3. The van der Waals surface area contributed by atoms with Gasteiger partial charge in [0, 0.05) is 54.2 Å². The normalized spacial score (nSPS) is 16.0. The lowest BCUT2D eigenvalue weighted by Crippen LogP contribution is -2.30. The van der Waals surface area contributed by atoms with Crippen LogP contribution in [-0.2, 0) is 52.6 Å². The van der Waals surface area contributed by atoms with Gasteiger partial charge in [-0.2, -0.15) is 33.3 Å². The van der Waals surface area contributed by atoms with Crippen molar-refractivity contribution in [3.8, 4) is 45.9 Å². The highest BCUT2D eigenvalue weighted by Gasteiger charge is 2.34. The van der Waals surface area contributed by atoms with Gasteiger partial charge in [0.1, 0.15) is 0 Å². The fourth-order valence-corrected chi connectivity index (χ4v) is 9.11. The Morgan fingerprint density at radius 2 is 1.16 bits per heavy atom. The average Bonchev–Trinajstić information content (AvgIpc) is 4.01. The van der Waals surface area contributed by atoms with E-state index < -0.39 is 18.8 Å². The van der Waals surface area contributed by atoms with Gasteiger partial charge in [-0.15, -0.1) is 0 Å². The summed E-state index contributed by atoms with van der Waals surface area (Å²) in [5, 5.41) is 39.2. The zero-order valence-corrected chi connectivity index (χ0v) is 38.1. The molecule has 1 atom stereocenters. The van der Waals surface area contributed by atoms with Gasteiger partial charge in [-0.3, -0.25) is 9.36 Å². The first-order chi connectivity index (χ1) is 29.6. The smallest absolute Gasteiger partial charge is 0.394 e. The monoisotopic (exact) mass is 871 g/mol. The van der Waals surface area contributed by atoms with Gasteiger partial charge in [0.15, 0.2) is 11.4 Å². The van der Waals surface area contributed by atoms with Crippen molar-refractivity contribution in [3.05, 3.63) is 80.2 Å². The second-order valence-corrected chi connectivity index (χ2v) is 19.1. The molecule has 0 saturated carbocycles. The maximum atomic E-state index is 12.3. The molecule has 63 heavy (non-hydrogen) atoms.